The van der Waals surface area contributed by atoms with Crippen molar-refractivity contribution >= 4 is 17.4 Å². The molecule has 1 aliphatic heterocycles. The van der Waals surface area contributed by atoms with Crippen molar-refractivity contribution in [3.8, 4) is 11.5 Å². The molecule has 2 aromatic rings. The molecule has 1 fully saturated rings. The van der Waals surface area contributed by atoms with Crippen molar-refractivity contribution in [3.63, 3.8) is 0 Å². The third-order valence-electron chi connectivity index (χ3n) is 5.20. The Labute approximate surface area is 182 Å². The molecule has 0 spiro atoms. The molecule has 0 aromatic heterocycles. The van der Waals surface area contributed by atoms with Gasteiger partial charge in [0.1, 0.15) is 17.3 Å². The number of hydrogen-bond acceptors (Lipinski definition) is 6. The number of nitrogens with zero attached hydrogens (tertiary/aromatic N) is 2. The van der Waals surface area contributed by atoms with Gasteiger partial charge < -0.3 is 24.4 Å². The van der Waals surface area contributed by atoms with Gasteiger partial charge in [0.05, 0.1) is 25.3 Å². The van der Waals surface area contributed by atoms with Crippen LogP contribution in [0.15, 0.2) is 54.1 Å². The van der Waals surface area contributed by atoms with Gasteiger partial charge in [-0.3, -0.25) is 9.59 Å². The first-order valence-electron chi connectivity index (χ1n) is 10.2. The van der Waals surface area contributed by atoms with Crippen molar-refractivity contribution in [2.45, 2.75) is 13.0 Å². The molecule has 3 rings (SSSR count). The predicted molar refractivity (Wildman–Crippen MR) is 118 cm³/mol. The fourth-order valence-electron chi connectivity index (χ4n) is 3.58. The van der Waals surface area contributed by atoms with Crippen LogP contribution in [0.3, 0.4) is 0 Å². The van der Waals surface area contributed by atoms with E-state index in [2.05, 4.69) is 0 Å². The highest BCUT2D eigenvalue weighted by molar-refractivity contribution is 6.46. The summed E-state index contributed by atoms with van der Waals surface area (Å²) in [5, 5.41) is 11.0. The zero-order valence-corrected chi connectivity index (χ0v) is 18.3. The summed E-state index contributed by atoms with van der Waals surface area (Å²) in [4.78, 5) is 29.3. The van der Waals surface area contributed by atoms with Gasteiger partial charge in [-0.05, 0) is 63.0 Å². The average molecular weight is 424 g/mol. The number of hydrogen-bond donors (Lipinski definition) is 1. The molecule has 0 radical (unpaired) electrons. The second kappa shape index (κ2) is 9.66. The Morgan fingerprint density at radius 1 is 1.03 bits per heavy atom. The molecule has 0 unspecified atom stereocenters. The van der Waals surface area contributed by atoms with E-state index in [1.807, 2.05) is 38.1 Å². The van der Waals surface area contributed by atoms with Gasteiger partial charge in [-0.2, -0.15) is 0 Å². The number of carbonyl (C=O) groups excluding carboxylic acids is 2. The molecule has 1 saturated heterocycles. The molecule has 1 N–H and O–H groups in total. The summed E-state index contributed by atoms with van der Waals surface area (Å²) in [6, 6.07) is 13.3. The van der Waals surface area contributed by atoms with E-state index in [-0.39, 0.29) is 11.3 Å². The Kier molecular flexibility index (Phi) is 6.97. The van der Waals surface area contributed by atoms with Crippen molar-refractivity contribution in [1.29, 1.82) is 0 Å². The molecule has 7 nitrogen and oxygen atoms in total. The molecule has 164 valence electrons. The van der Waals surface area contributed by atoms with Gasteiger partial charge in [0.25, 0.3) is 11.7 Å². The summed E-state index contributed by atoms with van der Waals surface area (Å²) in [7, 11) is 5.36. The van der Waals surface area contributed by atoms with E-state index in [1.165, 1.54) is 4.90 Å². The Morgan fingerprint density at radius 2 is 1.65 bits per heavy atom. The van der Waals surface area contributed by atoms with E-state index in [0.717, 1.165) is 5.56 Å². The van der Waals surface area contributed by atoms with Crippen LogP contribution in [0.4, 0.5) is 0 Å². The summed E-state index contributed by atoms with van der Waals surface area (Å²) < 4.78 is 10.7. The van der Waals surface area contributed by atoms with Gasteiger partial charge in [0.2, 0.25) is 0 Å². The molecule has 1 heterocycles. The van der Waals surface area contributed by atoms with Gasteiger partial charge in [0, 0.05) is 18.7 Å². The fourth-order valence-corrected chi connectivity index (χ4v) is 3.58. The van der Waals surface area contributed by atoms with Crippen molar-refractivity contribution in [2.75, 3.05) is 40.9 Å². The first kappa shape index (κ1) is 22.4. The summed E-state index contributed by atoms with van der Waals surface area (Å²) in [6.45, 7) is 3.38. The van der Waals surface area contributed by atoms with Gasteiger partial charge in [-0.15, -0.1) is 0 Å². The molecule has 0 bridgehead atoms. The van der Waals surface area contributed by atoms with Crippen molar-refractivity contribution < 1.29 is 24.2 Å². The Balaban J connectivity index is 2.09. The van der Waals surface area contributed by atoms with E-state index < -0.39 is 17.7 Å². The lowest BCUT2D eigenvalue weighted by atomic mass is 9.95. The summed E-state index contributed by atoms with van der Waals surface area (Å²) in [5.74, 6) is -0.174. The predicted octanol–water partition coefficient (Wildman–Crippen LogP) is 3.08. The van der Waals surface area contributed by atoms with Crippen molar-refractivity contribution in [3.05, 3.63) is 65.2 Å². The smallest absolute Gasteiger partial charge is 0.295 e. The minimum Gasteiger partial charge on any atom is -0.507 e. The van der Waals surface area contributed by atoms with Gasteiger partial charge >= 0.3 is 0 Å². The molecule has 1 amide bonds. The van der Waals surface area contributed by atoms with Gasteiger partial charge in [-0.25, -0.2) is 0 Å². The number of amides is 1. The van der Waals surface area contributed by atoms with Crippen LogP contribution in [-0.4, -0.2) is 67.5 Å². The normalized spacial score (nSPS) is 18.0. The number of rotatable bonds is 8. The number of likely N-dealkylation sites (N-methyl/N-ethyl adjacent to an activating group) is 1. The maximum atomic E-state index is 13.0. The van der Waals surface area contributed by atoms with Gasteiger partial charge in [-0.1, -0.05) is 12.1 Å². The van der Waals surface area contributed by atoms with Crippen LogP contribution in [0.1, 0.15) is 24.1 Å². The maximum Gasteiger partial charge on any atom is 0.295 e. The minimum absolute atomic E-state index is 0.0816. The van der Waals surface area contributed by atoms with Crippen LogP contribution in [0.2, 0.25) is 0 Å². The number of Topliss-reactive ketones (excluding diaryl/α,β-unsaturated/α-hetero) is 1. The van der Waals surface area contributed by atoms with E-state index in [0.29, 0.717) is 36.8 Å². The largest absolute Gasteiger partial charge is 0.507 e. The zero-order valence-electron chi connectivity index (χ0n) is 18.3. The lowest BCUT2D eigenvalue weighted by molar-refractivity contribution is -0.140. The van der Waals surface area contributed by atoms with E-state index in [4.69, 9.17) is 9.47 Å². The fraction of sp³-hybridized carbons (Fsp3) is 0.333. The number of likely N-dealkylation sites (tertiary alicyclic amines) is 1. The van der Waals surface area contributed by atoms with Crippen LogP contribution >= 0.6 is 0 Å². The third-order valence-corrected chi connectivity index (χ3v) is 5.20. The number of aliphatic hydroxyl groups is 1. The maximum absolute atomic E-state index is 13.0. The van der Waals surface area contributed by atoms with Crippen molar-refractivity contribution in [1.82, 2.24) is 9.80 Å². The summed E-state index contributed by atoms with van der Waals surface area (Å²) in [5.41, 5.74) is 1.26. The summed E-state index contributed by atoms with van der Waals surface area (Å²) in [6.07, 6.45) is 0. The van der Waals surface area contributed by atoms with Crippen molar-refractivity contribution in [2.24, 2.45) is 0 Å². The summed E-state index contributed by atoms with van der Waals surface area (Å²) >= 11 is 0. The highest BCUT2D eigenvalue weighted by Gasteiger charge is 2.45. The topological polar surface area (TPSA) is 79.3 Å². The van der Waals surface area contributed by atoms with E-state index in [1.54, 1.807) is 43.5 Å². The monoisotopic (exact) mass is 424 g/mol. The second-order valence-electron chi connectivity index (χ2n) is 7.53. The number of ketones is 1. The molecule has 0 aliphatic carbocycles. The SMILES string of the molecule is CCOc1ccc([C@H]2C(=C(O)c3ccc(OC)cc3)C(=O)C(=O)N2CCN(C)C)cc1. The average Bonchev–Trinajstić information content (AvgIpc) is 3.02. The standard InChI is InChI=1S/C24H28N2O5/c1-5-31-19-12-6-16(7-13-19)21-20(22(27)17-8-10-18(30-4)11-9-17)23(28)24(29)26(21)15-14-25(2)3/h6-13,21,27H,5,14-15H2,1-4H3/t21-/m0/s1. The first-order valence-corrected chi connectivity index (χ1v) is 10.2. The van der Waals surface area contributed by atoms with E-state index >= 15 is 0 Å². The molecule has 7 heteroatoms. The number of aliphatic hydroxyl groups excluding tert-OH is 1. The molecular formula is C24H28N2O5. The van der Waals surface area contributed by atoms with Crippen LogP contribution in [-0.2, 0) is 9.59 Å². The lowest BCUT2D eigenvalue weighted by Gasteiger charge is -2.26. The highest BCUT2D eigenvalue weighted by Crippen LogP contribution is 2.39. The Hall–Kier alpha value is -3.32. The highest BCUT2D eigenvalue weighted by atomic mass is 16.5. The van der Waals surface area contributed by atoms with E-state index in [9.17, 15) is 14.7 Å². The molecule has 0 saturated carbocycles. The third kappa shape index (κ3) is 4.72. The van der Waals surface area contributed by atoms with Gasteiger partial charge in [0.15, 0.2) is 0 Å². The number of benzene rings is 2. The first-order chi connectivity index (χ1) is 14.9. The number of ether oxygens (including phenoxy) is 2. The minimum atomic E-state index is -0.689. The van der Waals surface area contributed by atoms with Crippen LogP contribution in [0.5, 0.6) is 11.5 Å². The van der Waals surface area contributed by atoms with Crippen LogP contribution < -0.4 is 9.47 Å². The molecular weight excluding hydrogens is 396 g/mol. The number of methoxy groups -OCH3 is 1. The molecule has 1 aliphatic rings. The molecule has 31 heavy (non-hydrogen) atoms. The number of carbonyl (C=O) groups is 2. The quantitative estimate of drug-likeness (QED) is 0.399. The van der Waals surface area contributed by atoms with Crippen LogP contribution in [0.25, 0.3) is 5.76 Å². The van der Waals surface area contributed by atoms with Crippen LogP contribution in [0, 0.1) is 0 Å². The second-order valence-corrected chi connectivity index (χ2v) is 7.53. The Morgan fingerprint density at radius 3 is 2.19 bits per heavy atom. The molecule has 1 atom stereocenters. The zero-order chi connectivity index (χ0) is 22.5. The Bertz CT molecular complexity index is 964. The molecule has 2 aromatic carbocycles. The lowest BCUT2D eigenvalue weighted by Crippen LogP contribution is -2.35.